The van der Waals surface area contributed by atoms with E-state index < -0.39 is 0 Å². The number of anilines is 2. The fraction of sp³-hybridized carbons (Fsp3) is 0.222. The summed E-state index contributed by atoms with van der Waals surface area (Å²) >= 11 is 5.81. The van der Waals surface area contributed by atoms with Crippen LogP contribution in [0.2, 0.25) is 5.02 Å². The summed E-state index contributed by atoms with van der Waals surface area (Å²) in [5, 5.41) is 6.12. The van der Waals surface area contributed by atoms with Crippen LogP contribution in [0.4, 0.5) is 16.2 Å². The number of urea groups is 1. The van der Waals surface area contributed by atoms with Crippen molar-refractivity contribution in [1.29, 1.82) is 0 Å². The number of nitrogens with one attached hydrogen (secondary N) is 2. The minimum absolute atomic E-state index is 0.0776. The predicted molar refractivity (Wildman–Crippen MR) is 97.6 cm³/mol. The average molecular weight is 346 g/mol. The lowest BCUT2D eigenvalue weighted by molar-refractivity contribution is -0.128. The SMILES string of the molecule is CN(C)C(=O)CCc1cccc(NC(=O)Nc2ccc(Cl)cc2)c1. The maximum atomic E-state index is 12.0. The Balaban J connectivity index is 1.92. The standard InChI is InChI=1S/C18H20ClN3O2/c1-22(2)17(23)11-6-13-4-3-5-16(12-13)21-18(24)20-15-9-7-14(19)8-10-15/h3-5,7-10,12H,6,11H2,1-2H3,(H2,20,21,24). The van der Waals surface area contributed by atoms with Gasteiger partial charge in [-0.05, 0) is 48.4 Å². The molecule has 2 aromatic carbocycles. The number of aryl methyl sites for hydroxylation is 1. The second-order valence-electron chi connectivity index (χ2n) is 5.57. The largest absolute Gasteiger partial charge is 0.349 e. The Morgan fingerprint density at radius 2 is 1.67 bits per heavy atom. The number of rotatable bonds is 5. The van der Waals surface area contributed by atoms with E-state index >= 15 is 0 Å². The van der Waals surface area contributed by atoms with Crippen molar-refractivity contribution in [3.8, 4) is 0 Å². The number of hydrogen-bond donors (Lipinski definition) is 2. The Labute approximate surface area is 146 Å². The lowest BCUT2D eigenvalue weighted by atomic mass is 10.1. The van der Waals surface area contributed by atoms with Crippen LogP contribution in [0.1, 0.15) is 12.0 Å². The number of carbonyl (C=O) groups is 2. The molecule has 2 N–H and O–H groups in total. The molecule has 0 aliphatic carbocycles. The molecule has 0 fully saturated rings. The highest BCUT2D eigenvalue weighted by Gasteiger charge is 2.06. The fourth-order valence-electron chi connectivity index (χ4n) is 2.11. The van der Waals surface area contributed by atoms with Gasteiger partial charge in [0.1, 0.15) is 0 Å². The molecule has 0 aliphatic rings. The Morgan fingerprint density at radius 1 is 1.00 bits per heavy atom. The molecule has 0 unspecified atom stereocenters. The van der Waals surface area contributed by atoms with E-state index in [4.69, 9.17) is 11.6 Å². The zero-order chi connectivity index (χ0) is 17.5. The van der Waals surface area contributed by atoms with E-state index in [1.165, 1.54) is 0 Å². The molecule has 6 heteroatoms. The monoisotopic (exact) mass is 345 g/mol. The zero-order valence-electron chi connectivity index (χ0n) is 13.7. The molecule has 0 radical (unpaired) electrons. The van der Waals surface area contributed by atoms with Crippen molar-refractivity contribution in [2.75, 3.05) is 24.7 Å². The number of amides is 3. The molecule has 0 saturated carbocycles. The molecule has 0 aromatic heterocycles. The molecule has 5 nitrogen and oxygen atoms in total. The minimum atomic E-state index is -0.334. The Kier molecular flexibility index (Phi) is 6.21. The first-order valence-electron chi connectivity index (χ1n) is 7.57. The van der Waals surface area contributed by atoms with Crippen LogP contribution in [0.3, 0.4) is 0 Å². The van der Waals surface area contributed by atoms with Crippen LogP contribution in [-0.2, 0) is 11.2 Å². The van der Waals surface area contributed by atoms with Crippen molar-refractivity contribution in [1.82, 2.24) is 4.90 Å². The van der Waals surface area contributed by atoms with Crippen molar-refractivity contribution < 1.29 is 9.59 Å². The first-order valence-corrected chi connectivity index (χ1v) is 7.94. The van der Waals surface area contributed by atoms with Gasteiger partial charge in [-0.3, -0.25) is 4.79 Å². The Morgan fingerprint density at radius 3 is 2.33 bits per heavy atom. The molecule has 0 heterocycles. The first-order chi connectivity index (χ1) is 11.4. The van der Waals surface area contributed by atoms with Gasteiger partial charge in [-0.2, -0.15) is 0 Å². The molecule has 0 aliphatic heterocycles. The van der Waals surface area contributed by atoms with Gasteiger partial charge in [-0.1, -0.05) is 23.7 Å². The number of carbonyl (C=O) groups excluding carboxylic acids is 2. The maximum absolute atomic E-state index is 12.0. The van der Waals surface area contributed by atoms with Crippen molar-refractivity contribution in [2.24, 2.45) is 0 Å². The quantitative estimate of drug-likeness (QED) is 0.860. The van der Waals surface area contributed by atoms with Gasteiger partial charge in [-0.25, -0.2) is 4.79 Å². The van der Waals surface area contributed by atoms with Crippen LogP contribution in [0.15, 0.2) is 48.5 Å². The summed E-state index contributed by atoms with van der Waals surface area (Å²) < 4.78 is 0. The molecule has 2 aromatic rings. The number of nitrogens with zero attached hydrogens (tertiary/aromatic N) is 1. The van der Waals surface area contributed by atoms with Crippen molar-refractivity contribution in [3.63, 3.8) is 0 Å². The summed E-state index contributed by atoms with van der Waals surface area (Å²) in [5.41, 5.74) is 2.33. The molecule has 0 saturated heterocycles. The van der Waals surface area contributed by atoms with Crippen molar-refractivity contribution >= 4 is 34.9 Å². The molecular weight excluding hydrogens is 326 g/mol. The fourth-order valence-corrected chi connectivity index (χ4v) is 2.23. The van der Waals surface area contributed by atoms with Crippen LogP contribution in [0.5, 0.6) is 0 Å². The van der Waals surface area contributed by atoms with E-state index in [1.54, 1.807) is 49.3 Å². The topological polar surface area (TPSA) is 61.4 Å². The second-order valence-corrected chi connectivity index (χ2v) is 6.01. The number of benzene rings is 2. The Hall–Kier alpha value is -2.53. The lowest BCUT2D eigenvalue weighted by Crippen LogP contribution is -2.22. The maximum Gasteiger partial charge on any atom is 0.323 e. The third-order valence-corrected chi connectivity index (χ3v) is 3.67. The van der Waals surface area contributed by atoms with E-state index in [-0.39, 0.29) is 11.9 Å². The summed E-state index contributed by atoms with van der Waals surface area (Å²) in [6, 6.07) is 14.0. The highest BCUT2D eigenvalue weighted by Crippen LogP contribution is 2.15. The van der Waals surface area contributed by atoms with Gasteiger partial charge < -0.3 is 15.5 Å². The Bertz CT molecular complexity index is 714. The third-order valence-electron chi connectivity index (χ3n) is 3.41. The van der Waals surface area contributed by atoms with Gasteiger partial charge >= 0.3 is 6.03 Å². The normalized spacial score (nSPS) is 10.1. The highest BCUT2D eigenvalue weighted by molar-refractivity contribution is 6.30. The van der Waals surface area contributed by atoms with E-state index in [9.17, 15) is 9.59 Å². The molecule has 24 heavy (non-hydrogen) atoms. The highest BCUT2D eigenvalue weighted by atomic mass is 35.5. The van der Waals surface area contributed by atoms with Crippen LogP contribution in [0.25, 0.3) is 0 Å². The van der Waals surface area contributed by atoms with Gasteiger partial charge in [0.25, 0.3) is 0 Å². The van der Waals surface area contributed by atoms with E-state index in [0.717, 1.165) is 5.56 Å². The summed E-state index contributed by atoms with van der Waals surface area (Å²) in [4.78, 5) is 25.2. The second kappa shape index (κ2) is 8.36. The first kappa shape index (κ1) is 17.8. The van der Waals surface area contributed by atoms with Gasteiger partial charge in [0, 0.05) is 36.9 Å². The molecular formula is C18H20ClN3O2. The van der Waals surface area contributed by atoms with Crippen LogP contribution in [0, 0.1) is 0 Å². The summed E-state index contributed by atoms with van der Waals surface area (Å²) in [7, 11) is 3.48. The summed E-state index contributed by atoms with van der Waals surface area (Å²) in [6.07, 6.45) is 1.07. The van der Waals surface area contributed by atoms with Crippen LogP contribution in [-0.4, -0.2) is 30.9 Å². The van der Waals surface area contributed by atoms with Crippen LogP contribution >= 0.6 is 11.6 Å². The molecule has 0 bridgehead atoms. The van der Waals surface area contributed by atoms with E-state index in [1.807, 2.05) is 18.2 Å². The van der Waals surface area contributed by atoms with Crippen molar-refractivity contribution in [2.45, 2.75) is 12.8 Å². The van der Waals surface area contributed by atoms with Gasteiger partial charge in [0.05, 0.1) is 0 Å². The zero-order valence-corrected chi connectivity index (χ0v) is 14.4. The van der Waals surface area contributed by atoms with Gasteiger partial charge in [0.15, 0.2) is 0 Å². The lowest BCUT2D eigenvalue weighted by Gasteiger charge is -2.11. The van der Waals surface area contributed by atoms with E-state index in [2.05, 4.69) is 10.6 Å². The third kappa shape index (κ3) is 5.59. The molecule has 3 amide bonds. The summed E-state index contributed by atoms with van der Waals surface area (Å²) in [5.74, 6) is 0.0776. The molecule has 0 spiro atoms. The van der Waals surface area contributed by atoms with Gasteiger partial charge in [0.2, 0.25) is 5.91 Å². The predicted octanol–water partition coefficient (Wildman–Crippen LogP) is 4.00. The summed E-state index contributed by atoms with van der Waals surface area (Å²) in [6.45, 7) is 0. The minimum Gasteiger partial charge on any atom is -0.349 e. The molecule has 0 atom stereocenters. The number of hydrogen-bond acceptors (Lipinski definition) is 2. The molecule has 126 valence electrons. The van der Waals surface area contributed by atoms with Gasteiger partial charge in [-0.15, -0.1) is 0 Å². The average Bonchev–Trinajstić information content (AvgIpc) is 2.55. The number of halogens is 1. The van der Waals surface area contributed by atoms with Crippen LogP contribution < -0.4 is 10.6 Å². The van der Waals surface area contributed by atoms with Crippen molar-refractivity contribution in [3.05, 3.63) is 59.1 Å². The smallest absolute Gasteiger partial charge is 0.323 e. The van der Waals surface area contributed by atoms with E-state index in [0.29, 0.717) is 29.2 Å². The molecule has 2 rings (SSSR count).